The van der Waals surface area contributed by atoms with E-state index in [4.69, 9.17) is 10.2 Å². The van der Waals surface area contributed by atoms with Crippen LogP contribution in [-0.4, -0.2) is 22.2 Å². The molecule has 0 amide bonds. The molecule has 0 saturated carbocycles. The van der Waals surface area contributed by atoms with Gasteiger partial charge in [0.1, 0.15) is 0 Å². The summed E-state index contributed by atoms with van der Waals surface area (Å²) in [6, 6.07) is 6.58. The molecular weight excluding hydrogens is 264 g/mol. The van der Waals surface area contributed by atoms with Crippen molar-refractivity contribution in [2.75, 3.05) is 0 Å². The second kappa shape index (κ2) is 4.93. The van der Waals surface area contributed by atoms with Crippen molar-refractivity contribution in [3.63, 3.8) is 0 Å². The Morgan fingerprint density at radius 2 is 1.73 bits per heavy atom. The molecule has 15 heavy (non-hydrogen) atoms. The molecule has 0 aromatic heterocycles. The van der Waals surface area contributed by atoms with Gasteiger partial charge in [0.05, 0.1) is 12.3 Å². The molecule has 1 atom stereocenters. The maximum Gasteiger partial charge on any atom is 0.311 e. The average molecular weight is 273 g/mol. The Kier molecular flexibility index (Phi) is 3.85. The summed E-state index contributed by atoms with van der Waals surface area (Å²) in [7, 11) is 0. The van der Waals surface area contributed by atoms with Crippen LogP contribution in [0, 0.1) is 0 Å². The van der Waals surface area contributed by atoms with E-state index in [2.05, 4.69) is 15.9 Å². The number of hydrogen-bond donors (Lipinski definition) is 2. The lowest BCUT2D eigenvalue weighted by atomic mass is 9.96. The van der Waals surface area contributed by atoms with Crippen molar-refractivity contribution in [1.29, 1.82) is 0 Å². The number of aliphatic carboxylic acids is 2. The van der Waals surface area contributed by atoms with Crippen LogP contribution in [0.3, 0.4) is 0 Å². The predicted octanol–water partition coefficient (Wildman–Crippen LogP) is 2.09. The lowest BCUT2D eigenvalue weighted by Gasteiger charge is -2.09. The Morgan fingerprint density at radius 1 is 1.20 bits per heavy atom. The van der Waals surface area contributed by atoms with E-state index in [0.717, 1.165) is 4.47 Å². The van der Waals surface area contributed by atoms with E-state index in [1.54, 1.807) is 24.3 Å². The predicted molar refractivity (Wildman–Crippen MR) is 56.8 cm³/mol. The van der Waals surface area contributed by atoms with E-state index < -0.39 is 24.3 Å². The van der Waals surface area contributed by atoms with Gasteiger partial charge in [0, 0.05) is 4.47 Å². The Labute approximate surface area is 94.7 Å². The van der Waals surface area contributed by atoms with Crippen LogP contribution in [0.25, 0.3) is 0 Å². The van der Waals surface area contributed by atoms with Crippen molar-refractivity contribution >= 4 is 27.9 Å². The third kappa shape index (κ3) is 3.36. The highest BCUT2D eigenvalue weighted by Crippen LogP contribution is 2.22. The molecule has 0 aliphatic carbocycles. The van der Waals surface area contributed by atoms with Crippen LogP contribution in [-0.2, 0) is 9.59 Å². The average Bonchev–Trinajstić information content (AvgIpc) is 2.15. The molecule has 1 aromatic carbocycles. The van der Waals surface area contributed by atoms with E-state index in [0.29, 0.717) is 5.56 Å². The molecule has 5 heteroatoms. The van der Waals surface area contributed by atoms with Crippen molar-refractivity contribution in [3.05, 3.63) is 34.3 Å². The molecule has 0 spiro atoms. The number of rotatable bonds is 4. The van der Waals surface area contributed by atoms with Gasteiger partial charge in [0.15, 0.2) is 0 Å². The summed E-state index contributed by atoms with van der Waals surface area (Å²) in [5.41, 5.74) is 0.494. The molecule has 1 aromatic rings. The maximum atomic E-state index is 10.8. The van der Waals surface area contributed by atoms with Gasteiger partial charge in [-0.1, -0.05) is 28.1 Å². The number of hydrogen-bond acceptors (Lipinski definition) is 2. The zero-order chi connectivity index (χ0) is 11.4. The van der Waals surface area contributed by atoms with E-state index in [-0.39, 0.29) is 0 Å². The normalized spacial score (nSPS) is 12.1. The van der Waals surface area contributed by atoms with Crippen LogP contribution in [0.1, 0.15) is 17.9 Å². The van der Waals surface area contributed by atoms with Crippen LogP contribution >= 0.6 is 15.9 Å². The second-order valence-corrected chi connectivity index (χ2v) is 3.96. The number of carbonyl (C=O) groups is 2. The van der Waals surface area contributed by atoms with E-state index in [1.165, 1.54) is 0 Å². The highest BCUT2D eigenvalue weighted by atomic mass is 79.9. The molecule has 4 nitrogen and oxygen atoms in total. The quantitative estimate of drug-likeness (QED) is 0.880. The van der Waals surface area contributed by atoms with Crippen molar-refractivity contribution in [3.8, 4) is 0 Å². The summed E-state index contributed by atoms with van der Waals surface area (Å²) in [5.74, 6) is -3.24. The van der Waals surface area contributed by atoms with E-state index in [9.17, 15) is 9.59 Å². The second-order valence-electron chi connectivity index (χ2n) is 3.04. The smallest absolute Gasteiger partial charge is 0.311 e. The first-order valence-corrected chi connectivity index (χ1v) is 5.00. The molecule has 0 aliphatic heterocycles. The third-order valence-corrected chi connectivity index (χ3v) is 2.48. The minimum absolute atomic E-state index is 0.406. The fourth-order valence-electron chi connectivity index (χ4n) is 1.22. The SMILES string of the molecule is O=C(O)CC(C(=O)O)c1ccc(Br)cc1. The van der Waals surface area contributed by atoms with Crippen LogP contribution in [0.2, 0.25) is 0 Å². The van der Waals surface area contributed by atoms with Gasteiger partial charge >= 0.3 is 11.9 Å². The summed E-state index contributed by atoms with van der Waals surface area (Å²) >= 11 is 3.22. The molecule has 0 aliphatic rings. The molecule has 0 saturated heterocycles. The highest BCUT2D eigenvalue weighted by molar-refractivity contribution is 9.10. The lowest BCUT2D eigenvalue weighted by Crippen LogP contribution is -2.15. The van der Waals surface area contributed by atoms with Crippen molar-refractivity contribution in [2.45, 2.75) is 12.3 Å². The summed E-state index contributed by atoms with van der Waals surface area (Å²) in [5, 5.41) is 17.4. The standard InChI is InChI=1S/C10H9BrO4/c11-7-3-1-6(2-4-7)8(10(14)15)5-9(12)13/h1-4,8H,5H2,(H,12,13)(H,14,15). The van der Waals surface area contributed by atoms with E-state index >= 15 is 0 Å². The van der Waals surface area contributed by atoms with Crippen LogP contribution in [0.5, 0.6) is 0 Å². The zero-order valence-corrected chi connectivity index (χ0v) is 9.27. The van der Waals surface area contributed by atoms with Gasteiger partial charge in [0.2, 0.25) is 0 Å². The summed E-state index contributed by atoms with van der Waals surface area (Å²) < 4.78 is 0.825. The minimum atomic E-state index is -1.13. The number of benzene rings is 1. The van der Waals surface area contributed by atoms with Gasteiger partial charge in [-0.25, -0.2) is 0 Å². The minimum Gasteiger partial charge on any atom is -0.481 e. The Bertz CT molecular complexity index is 372. The zero-order valence-electron chi connectivity index (χ0n) is 7.68. The van der Waals surface area contributed by atoms with Gasteiger partial charge in [-0.2, -0.15) is 0 Å². The molecule has 0 bridgehead atoms. The van der Waals surface area contributed by atoms with Gasteiger partial charge in [-0.3, -0.25) is 9.59 Å². The van der Waals surface area contributed by atoms with Gasteiger partial charge < -0.3 is 10.2 Å². The fourth-order valence-corrected chi connectivity index (χ4v) is 1.48. The first-order valence-electron chi connectivity index (χ1n) is 4.20. The highest BCUT2D eigenvalue weighted by Gasteiger charge is 2.22. The maximum absolute atomic E-state index is 10.8. The third-order valence-electron chi connectivity index (χ3n) is 1.95. The lowest BCUT2D eigenvalue weighted by molar-refractivity contribution is -0.145. The van der Waals surface area contributed by atoms with Crippen LogP contribution < -0.4 is 0 Å². The van der Waals surface area contributed by atoms with Crippen molar-refractivity contribution in [2.24, 2.45) is 0 Å². The summed E-state index contributed by atoms with van der Waals surface area (Å²) in [6.07, 6.45) is -0.406. The summed E-state index contributed by atoms with van der Waals surface area (Å²) in [4.78, 5) is 21.3. The molecule has 1 unspecified atom stereocenters. The molecule has 80 valence electrons. The molecular formula is C10H9BrO4. The van der Waals surface area contributed by atoms with Gasteiger partial charge in [-0.05, 0) is 17.7 Å². The van der Waals surface area contributed by atoms with Gasteiger partial charge in [-0.15, -0.1) is 0 Å². The number of carboxylic acids is 2. The van der Waals surface area contributed by atoms with Crippen molar-refractivity contribution < 1.29 is 19.8 Å². The number of carboxylic acid groups (broad SMARTS) is 2. The molecule has 1 rings (SSSR count). The van der Waals surface area contributed by atoms with Crippen LogP contribution in [0.4, 0.5) is 0 Å². The molecule has 0 fully saturated rings. The molecule has 0 radical (unpaired) electrons. The first kappa shape index (κ1) is 11.7. The fraction of sp³-hybridized carbons (Fsp3) is 0.200. The Balaban J connectivity index is 2.94. The Morgan fingerprint density at radius 3 is 2.13 bits per heavy atom. The summed E-state index contributed by atoms with van der Waals surface area (Å²) in [6.45, 7) is 0. The topological polar surface area (TPSA) is 74.6 Å². The van der Waals surface area contributed by atoms with E-state index in [1.807, 2.05) is 0 Å². The number of halogens is 1. The molecule has 0 heterocycles. The molecule has 2 N–H and O–H groups in total. The van der Waals surface area contributed by atoms with Crippen molar-refractivity contribution in [1.82, 2.24) is 0 Å². The monoisotopic (exact) mass is 272 g/mol. The first-order chi connectivity index (χ1) is 7.00. The largest absolute Gasteiger partial charge is 0.481 e. The van der Waals surface area contributed by atoms with Crippen LogP contribution in [0.15, 0.2) is 28.7 Å². The van der Waals surface area contributed by atoms with Gasteiger partial charge in [0.25, 0.3) is 0 Å². The Hall–Kier alpha value is -1.36.